The Hall–Kier alpha value is -3.07. The molecule has 1 aliphatic carbocycles. The van der Waals surface area contributed by atoms with Gasteiger partial charge in [0.25, 0.3) is 0 Å². The Bertz CT molecular complexity index is 1360. The van der Waals surface area contributed by atoms with Crippen molar-refractivity contribution in [3.63, 3.8) is 0 Å². The molecule has 2 aromatic carbocycles. The number of imidazole rings is 1. The molecule has 0 aliphatic heterocycles. The minimum absolute atomic E-state index is 0.296. The molecule has 10 heteroatoms. The van der Waals surface area contributed by atoms with Crippen LogP contribution < -0.4 is 10.6 Å². The lowest BCUT2D eigenvalue weighted by Crippen LogP contribution is -2.22. The Morgan fingerprint density at radius 1 is 0.972 bits per heavy atom. The fraction of sp³-hybridized carbons (Fsp3) is 0.346. The Labute approximate surface area is 220 Å². The normalized spacial score (nSPS) is 13.2. The van der Waals surface area contributed by atoms with Crippen molar-refractivity contribution in [2.24, 2.45) is 0 Å². The zero-order valence-electron chi connectivity index (χ0n) is 20.3. The van der Waals surface area contributed by atoms with Crippen molar-refractivity contribution >= 4 is 57.6 Å². The number of fused-ring (bicyclic) bond motifs is 2. The molecule has 1 aliphatic rings. The number of hydrogen-bond donors (Lipinski definition) is 4. The summed E-state index contributed by atoms with van der Waals surface area (Å²) in [5.41, 5.74) is 5.39. The molecule has 4 N–H and O–H groups in total. The number of phenols is 1. The van der Waals surface area contributed by atoms with Crippen LogP contribution in [0.25, 0.3) is 11.0 Å². The third-order valence-corrected chi connectivity index (χ3v) is 7.29. The number of aryl methyl sites for hydroxylation is 1. The molecule has 0 radical (unpaired) electrons. The van der Waals surface area contributed by atoms with E-state index in [2.05, 4.69) is 39.3 Å². The summed E-state index contributed by atoms with van der Waals surface area (Å²) in [6.45, 7) is 6.76. The number of aromatic hydroxyl groups is 1. The van der Waals surface area contributed by atoms with Crippen molar-refractivity contribution in [1.82, 2.24) is 24.8 Å². The largest absolute Gasteiger partial charge is 0.508 e. The molecule has 8 nitrogen and oxygen atoms in total. The van der Waals surface area contributed by atoms with E-state index in [9.17, 15) is 5.11 Å². The number of anilines is 4. The van der Waals surface area contributed by atoms with Gasteiger partial charge in [-0.3, -0.25) is 10.2 Å². The predicted molar refractivity (Wildman–Crippen MR) is 146 cm³/mol. The van der Waals surface area contributed by atoms with E-state index in [1.807, 2.05) is 12.1 Å². The lowest BCUT2D eigenvalue weighted by molar-refractivity contribution is 0.291. The number of nitrogens with one attached hydrogen (secondary N) is 3. The zero-order chi connectivity index (χ0) is 25.2. The molecule has 5 rings (SSSR count). The van der Waals surface area contributed by atoms with Crippen LogP contribution in [-0.4, -0.2) is 43.0 Å². The van der Waals surface area contributed by atoms with Crippen molar-refractivity contribution in [3.05, 3.63) is 57.2 Å². The van der Waals surface area contributed by atoms with Gasteiger partial charge in [-0.15, -0.1) is 0 Å². The van der Waals surface area contributed by atoms with Crippen molar-refractivity contribution in [1.29, 1.82) is 0 Å². The van der Waals surface area contributed by atoms with Crippen molar-refractivity contribution in [3.8, 4) is 5.75 Å². The molecule has 0 fully saturated rings. The third-order valence-electron chi connectivity index (χ3n) is 6.57. The van der Waals surface area contributed by atoms with Gasteiger partial charge in [0, 0.05) is 23.4 Å². The summed E-state index contributed by atoms with van der Waals surface area (Å²) in [5, 5.41) is 18.0. The molecule has 2 heterocycles. The van der Waals surface area contributed by atoms with Gasteiger partial charge in [-0.1, -0.05) is 37.0 Å². The number of rotatable bonds is 8. The second-order valence-electron chi connectivity index (χ2n) is 8.95. The zero-order valence-corrected chi connectivity index (χ0v) is 21.8. The Kier molecular flexibility index (Phi) is 7.18. The minimum Gasteiger partial charge on any atom is -0.508 e. The number of nitrogens with zero attached hydrogens (tertiary/aromatic N) is 4. The minimum atomic E-state index is 0.296. The summed E-state index contributed by atoms with van der Waals surface area (Å²) in [5.74, 6) is 2.03. The molecule has 0 atom stereocenters. The van der Waals surface area contributed by atoms with Gasteiger partial charge in [0.1, 0.15) is 11.6 Å². The number of aromatic nitrogens is 4. The topological polar surface area (TPSA) is 102 Å². The number of phenolic OH excluding ortho intramolecular Hbond substituents is 1. The second-order valence-corrected chi connectivity index (χ2v) is 9.77. The van der Waals surface area contributed by atoms with E-state index >= 15 is 0 Å². The average Bonchev–Trinajstić information content (AvgIpc) is 3.25. The quantitative estimate of drug-likeness (QED) is 0.193. The molecular weight excluding hydrogens is 497 g/mol. The number of H-pyrrole nitrogens is 1. The van der Waals surface area contributed by atoms with Crippen molar-refractivity contribution in [2.45, 2.75) is 46.1 Å². The molecule has 0 amide bonds. The average molecular weight is 526 g/mol. The number of halogens is 2. The molecular formula is C26H29Cl2N7O. The maximum absolute atomic E-state index is 10.4. The summed E-state index contributed by atoms with van der Waals surface area (Å²) < 4.78 is 0. The first kappa shape index (κ1) is 24.6. The van der Waals surface area contributed by atoms with E-state index in [4.69, 9.17) is 33.2 Å². The van der Waals surface area contributed by atoms with Crippen LogP contribution >= 0.6 is 23.2 Å². The Morgan fingerprint density at radius 2 is 1.75 bits per heavy atom. The van der Waals surface area contributed by atoms with E-state index in [0.717, 1.165) is 72.6 Å². The van der Waals surface area contributed by atoms with E-state index in [1.165, 1.54) is 0 Å². The van der Waals surface area contributed by atoms with Gasteiger partial charge in [-0.2, -0.15) is 4.98 Å². The smallest absolute Gasteiger partial charge is 0.231 e. The highest BCUT2D eigenvalue weighted by Gasteiger charge is 2.19. The maximum Gasteiger partial charge on any atom is 0.231 e. The van der Waals surface area contributed by atoms with Gasteiger partial charge in [-0.25, -0.2) is 9.97 Å². The SMILES string of the molecule is CCN(CC)Cc1cc(Nc2nc(Nc3nc4cc(Cl)c(Cl)cc4[nH]3)nc3c2CCCC3)ccc1O. The summed E-state index contributed by atoms with van der Waals surface area (Å²) in [6, 6.07) is 9.07. The molecule has 2 aromatic heterocycles. The molecule has 4 aromatic rings. The summed E-state index contributed by atoms with van der Waals surface area (Å²) in [7, 11) is 0. The fourth-order valence-corrected chi connectivity index (χ4v) is 4.86. The molecule has 0 saturated carbocycles. The lowest BCUT2D eigenvalue weighted by Gasteiger charge is -2.21. The molecule has 0 spiro atoms. The highest BCUT2D eigenvalue weighted by Crippen LogP contribution is 2.32. The van der Waals surface area contributed by atoms with Gasteiger partial charge in [0.15, 0.2) is 0 Å². The Balaban J connectivity index is 1.45. The van der Waals surface area contributed by atoms with Crippen LogP contribution in [0.15, 0.2) is 30.3 Å². The van der Waals surface area contributed by atoms with Gasteiger partial charge in [-0.05, 0) is 69.1 Å². The van der Waals surface area contributed by atoms with E-state index in [0.29, 0.717) is 39.8 Å². The monoisotopic (exact) mass is 525 g/mol. The number of hydrogen-bond acceptors (Lipinski definition) is 7. The predicted octanol–water partition coefficient (Wildman–Crippen LogP) is 6.57. The van der Waals surface area contributed by atoms with E-state index in [-0.39, 0.29) is 0 Å². The number of aromatic amines is 1. The van der Waals surface area contributed by atoms with E-state index in [1.54, 1.807) is 18.2 Å². The van der Waals surface area contributed by atoms with Crippen LogP contribution in [-0.2, 0) is 19.4 Å². The van der Waals surface area contributed by atoms with Crippen LogP contribution in [0.2, 0.25) is 10.0 Å². The number of benzene rings is 2. The van der Waals surface area contributed by atoms with Gasteiger partial charge >= 0.3 is 0 Å². The van der Waals surface area contributed by atoms with Crippen LogP contribution in [0, 0.1) is 0 Å². The first-order chi connectivity index (χ1) is 17.4. The van der Waals surface area contributed by atoms with Crippen LogP contribution in [0.4, 0.5) is 23.4 Å². The van der Waals surface area contributed by atoms with Gasteiger partial charge in [0.05, 0.1) is 26.8 Å². The molecule has 0 bridgehead atoms. The summed E-state index contributed by atoms with van der Waals surface area (Å²) >= 11 is 12.3. The summed E-state index contributed by atoms with van der Waals surface area (Å²) in [4.78, 5) is 19.6. The van der Waals surface area contributed by atoms with E-state index < -0.39 is 0 Å². The Morgan fingerprint density at radius 3 is 2.56 bits per heavy atom. The third kappa shape index (κ3) is 5.21. The standard InChI is InChI=1S/C26H29Cl2N7O/c1-3-35(4-2)14-15-11-16(9-10-23(15)36)29-24-17-7-5-6-8-20(17)30-26(33-24)34-25-31-21-12-18(27)19(28)13-22(21)32-25/h9-13,36H,3-8,14H2,1-2H3,(H3,29,30,31,32,33,34). The molecule has 0 unspecified atom stereocenters. The first-order valence-corrected chi connectivity index (χ1v) is 13.0. The highest BCUT2D eigenvalue weighted by molar-refractivity contribution is 6.42. The van der Waals surface area contributed by atoms with Gasteiger partial charge in [0.2, 0.25) is 11.9 Å². The van der Waals surface area contributed by atoms with Crippen LogP contribution in [0.1, 0.15) is 43.5 Å². The highest BCUT2D eigenvalue weighted by atomic mass is 35.5. The summed E-state index contributed by atoms with van der Waals surface area (Å²) in [6.07, 6.45) is 4.02. The lowest BCUT2D eigenvalue weighted by atomic mass is 9.96. The van der Waals surface area contributed by atoms with Crippen molar-refractivity contribution < 1.29 is 5.11 Å². The molecule has 0 saturated heterocycles. The van der Waals surface area contributed by atoms with Gasteiger partial charge < -0.3 is 15.4 Å². The second kappa shape index (κ2) is 10.5. The van der Waals surface area contributed by atoms with Crippen LogP contribution in [0.3, 0.4) is 0 Å². The van der Waals surface area contributed by atoms with Crippen LogP contribution in [0.5, 0.6) is 5.75 Å². The van der Waals surface area contributed by atoms with Crippen molar-refractivity contribution in [2.75, 3.05) is 23.7 Å². The molecule has 188 valence electrons. The maximum atomic E-state index is 10.4. The first-order valence-electron chi connectivity index (χ1n) is 12.3. The molecule has 36 heavy (non-hydrogen) atoms. The fourth-order valence-electron chi connectivity index (χ4n) is 4.54.